The Labute approximate surface area is 104 Å². The summed E-state index contributed by atoms with van der Waals surface area (Å²) >= 11 is 1.86. The van der Waals surface area contributed by atoms with Crippen LogP contribution in [0.15, 0.2) is 30.2 Å². The second-order valence-electron chi connectivity index (χ2n) is 4.43. The van der Waals surface area contributed by atoms with Crippen LogP contribution >= 0.6 is 11.3 Å². The Balaban J connectivity index is 2.08. The van der Waals surface area contributed by atoms with Crippen LogP contribution in [0, 0.1) is 5.92 Å². The fourth-order valence-electron chi connectivity index (χ4n) is 1.72. The summed E-state index contributed by atoms with van der Waals surface area (Å²) in [5.41, 5.74) is 0. The quantitative estimate of drug-likeness (QED) is 0.534. The van der Waals surface area contributed by atoms with E-state index in [1.807, 2.05) is 17.4 Å². The van der Waals surface area contributed by atoms with Crippen LogP contribution in [0.1, 0.15) is 31.6 Å². The molecule has 0 aliphatic rings. The highest BCUT2D eigenvalue weighted by molar-refractivity contribution is 7.09. The molecule has 2 heteroatoms. The van der Waals surface area contributed by atoms with Crippen molar-refractivity contribution in [2.45, 2.75) is 39.2 Å². The van der Waals surface area contributed by atoms with Gasteiger partial charge in [-0.3, -0.25) is 0 Å². The lowest BCUT2D eigenvalue weighted by Gasteiger charge is -2.19. The van der Waals surface area contributed by atoms with Gasteiger partial charge in [0.15, 0.2) is 0 Å². The first-order chi connectivity index (χ1) is 7.74. The van der Waals surface area contributed by atoms with Crippen molar-refractivity contribution < 1.29 is 0 Å². The molecule has 1 N–H and O–H groups in total. The third kappa shape index (κ3) is 4.95. The van der Waals surface area contributed by atoms with Crippen LogP contribution in [0.3, 0.4) is 0 Å². The zero-order chi connectivity index (χ0) is 11.8. The lowest BCUT2D eigenvalue weighted by Crippen LogP contribution is -2.32. The Bertz CT molecular complexity index is 279. The monoisotopic (exact) mass is 237 g/mol. The van der Waals surface area contributed by atoms with E-state index in [1.165, 1.54) is 17.7 Å². The molecular weight excluding hydrogens is 214 g/mol. The van der Waals surface area contributed by atoms with Gasteiger partial charge in [0.25, 0.3) is 0 Å². The third-order valence-corrected chi connectivity index (χ3v) is 3.97. The summed E-state index contributed by atoms with van der Waals surface area (Å²) in [6.07, 6.45) is 5.53. The van der Waals surface area contributed by atoms with Crippen molar-refractivity contribution >= 4 is 11.3 Å². The number of allylic oxidation sites excluding steroid dienone is 1. The van der Waals surface area contributed by atoms with Gasteiger partial charge in [-0.25, -0.2) is 0 Å². The normalized spacial score (nSPS) is 14.6. The maximum absolute atomic E-state index is 3.79. The molecule has 1 aromatic heterocycles. The molecule has 0 saturated carbocycles. The van der Waals surface area contributed by atoms with Gasteiger partial charge in [0.05, 0.1) is 0 Å². The summed E-state index contributed by atoms with van der Waals surface area (Å²) in [6, 6.07) is 4.93. The molecule has 0 aliphatic carbocycles. The van der Waals surface area contributed by atoms with E-state index in [-0.39, 0.29) is 0 Å². The van der Waals surface area contributed by atoms with Crippen LogP contribution in [0.4, 0.5) is 0 Å². The Morgan fingerprint density at radius 2 is 2.31 bits per heavy atom. The van der Waals surface area contributed by atoms with E-state index >= 15 is 0 Å². The van der Waals surface area contributed by atoms with Crippen LogP contribution in [-0.4, -0.2) is 12.6 Å². The Morgan fingerprint density at radius 3 is 2.94 bits per heavy atom. The highest BCUT2D eigenvalue weighted by Crippen LogP contribution is 2.11. The van der Waals surface area contributed by atoms with Crippen LogP contribution in [-0.2, 0) is 6.42 Å². The predicted octanol–water partition coefficient (Wildman–Crippen LogP) is 3.87. The molecule has 90 valence electrons. The van der Waals surface area contributed by atoms with Crippen molar-refractivity contribution in [1.29, 1.82) is 0 Å². The summed E-state index contributed by atoms with van der Waals surface area (Å²) in [6.45, 7) is 9.44. The molecule has 0 fully saturated rings. The summed E-state index contributed by atoms with van der Waals surface area (Å²) in [5, 5.41) is 5.74. The molecular formula is C14H23NS. The summed E-state index contributed by atoms with van der Waals surface area (Å²) in [5.74, 6) is 0.680. The van der Waals surface area contributed by atoms with Crippen LogP contribution in [0.5, 0.6) is 0 Å². The Morgan fingerprint density at radius 1 is 1.50 bits per heavy atom. The van der Waals surface area contributed by atoms with Gasteiger partial charge >= 0.3 is 0 Å². The zero-order valence-corrected chi connectivity index (χ0v) is 11.2. The number of aryl methyl sites for hydroxylation is 1. The molecule has 0 radical (unpaired) electrons. The molecule has 2 atom stereocenters. The average Bonchev–Trinajstić information content (AvgIpc) is 2.77. The van der Waals surface area contributed by atoms with Crippen molar-refractivity contribution in [2.75, 3.05) is 6.54 Å². The van der Waals surface area contributed by atoms with E-state index < -0.39 is 0 Å². The molecule has 0 aliphatic heterocycles. The Kier molecular flexibility index (Phi) is 6.43. The van der Waals surface area contributed by atoms with Gasteiger partial charge in [-0.05, 0) is 50.1 Å². The first-order valence-corrected chi connectivity index (χ1v) is 6.98. The minimum absolute atomic E-state index is 0.585. The third-order valence-electron chi connectivity index (χ3n) is 3.04. The number of thiophene rings is 1. The van der Waals surface area contributed by atoms with Crippen molar-refractivity contribution in [3.05, 3.63) is 35.0 Å². The second kappa shape index (κ2) is 7.64. The van der Waals surface area contributed by atoms with Crippen molar-refractivity contribution in [3.63, 3.8) is 0 Å². The lowest BCUT2D eigenvalue weighted by molar-refractivity contribution is 0.401. The first kappa shape index (κ1) is 13.5. The molecule has 16 heavy (non-hydrogen) atoms. The summed E-state index contributed by atoms with van der Waals surface area (Å²) in [7, 11) is 0. The smallest absolute Gasteiger partial charge is 0.00673 e. The fourth-order valence-corrected chi connectivity index (χ4v) is 2.47. The van der Waals surface area contributed by atoms with Crippen LogP contribution in [0.2, 0.25) is 0 Å². The van der Waals surface area contributed by atoms with E-state index in [9.17, 15) is 0 Å². The molecule has 0 bridgehead atoms. The molecule has 1 aromatic rings. The molecule has 0 saturated heterocycles. The minimum Gasteiger partial charge on any atom is -0.314 e. The summed E-state index contributed by atoms with van der Waals surface area (Å²) < 4.78 is 0. The van der Waals surface area contributed by atoms with Gasteiger partial charge in [-0.1, -0.05) is 19.1 Å². The van der Waals surface area contributed by atoms with Gasteiger partial charge in [0, 0.05) is 10.9 Å². The van der Waals surface area contributed by atoms with Gasteiger partial charge < -0.3 is 5.32 Å². The van der Waals surface area contributed by atoms with E-state index in [2.05, 4.69) is 43.3 Å². The van der Waals surface area contributed by atoms with Crippen LogP contribution in [0.25, 0.3) is 0 Å². The Hall–Kier alpha value is -0.600. The van der Waals surface area contributed by atoms with E-state index in [0.29, 0.717) is 12.0 Å². The van der Waals surface area contributed by atoms with E-state index in [1.54, 1.807) is 0 Å². The van der Waals surface area contributed by atoms with Crippen LogP contribution < -0.4 is 5.32 Å². The molecule has 1 heterocycles. The predicted molar refractivity (Wildman–Crippen MR) is 74.1 cm³/mol. The molecule has 2 unspecified atom stereocenters. The molecule has 1 nitrogen and oxygen atoms in total. The lowest BCUT2D eigenvalue weighted by atomic mass is 10.00. The first-order valence-electron chi connectivity index (χ1n) is 6.10. The van der Waals surface area contributed by atoms with Crippen molar-refractivity contribution in [2.24, 2.45) is 5.92 Å². The fraction of sp³-hybridized carbons (Fsp3) is 0.571. The number of rotatable bonds is 8. The SMILES string of the molecule is C=CCC(C)C(C)NCCCc1cccs1. The van der Waals surface area contributed by atoms with E-state index in [0.717, 1.165) is 13.0 Å². The average molecular weight is 237 g/mol. The standard InChI is InChI=1S/C14H23NS/c1-4-7-12(2)13(3)15-10-5-8-14-9-6-11-16-14/h4,6,9,11-13,15H,1,5,7-8,10H2,2-3H3. The molecule has 0 spiro atoms. The highest BCUT2D eigenvalue weighted by Gasteiger charge is 2.08. The van der Waals surface area contributed by atoms with Gasteiger partial charge in [0.1, 0.15) is 0 Å². The second-order valence-corrected chi connectivity index (χ2v) is 5.46. The number of hydrogen-bond acceptors (Lipinski definition) is 2. The van der Waals surface area contributed by atoms with Gasteiger partial charge in [-0.2, -0.15) is 0 Å². The highest BCUT2D eigenvalue weighted by atomic mass is 32.1. The number of nitrogens with one attached hydrogen (secondary N) is 1. The van der Waals surface area contributed by atoms with Crippen molar-refractivity contribution in [3.8, 4) is 0 Å². The largest absolute Gasteiger partial charge is 0.314 e. The molecule has 0 amide bonds. The van der Waals surface area contributed by atoms with E-state index in [4.69, 9.17) is 0 Å². The number of hydrogen-bond donors (Lipinski definition) is 1. The maximum Gasteiger partial charge on any atom is 0.00673 e. The van der Waals surface area contributed by atoms with Crippen molar-refractivity contribution in [1.82, 2.24) is 5.32 Å². The topological polar surface area (TPSA) is 12.0 Å². The zero-order valence-electron chi connectivity index (χ0n) is 10.4. The summed E-state index contributed by atoms with van der Waals surface area (Å²) in [4.78, 5) is 1.49. The molecule has 0 aromatic carbocycles. The molecule has 1 rings (SSSR count). The van der Waals surface area contributed by atoms with Gasteiger partial charge in [-0.15, -0.1) is 17.9 Å². The minimum atomic E-state index is 0.585. The van der Waals surface area contributed by atoms with Gasteiger partial charge in [0.2, 0.25) is 0 Å². The maximum atomic E-state index is 3.79.